The Balaban J connectivity index is 0.899. The van der Waals surface area contributed by atoms with E-state index in [1.165, 1.54) is 147 Å². The summed E-state index contributed by atoms with van der Waals surface area (Å²) in [5.74, 6) is 0. The zero-order valence-electron chi connectivity index (χ0n) is 37.4. The molecule has 69 heavy (non-hydrogen) atoms. The summed E-state index contributed by atoms with van der Waals surface area (Å²) in [5.41, 5.74) is 18.9. The van der Waals surface area contributed by atoms with Gasteiger partial charge in [-0.3, -0.25) is 0 Å². The van der Waals surface area contributed by atoms with Crippen LogP contribution in [0.1, 0.15) is 22.3 Å². The maximum atomic E-state index is 2.57. The van der Waals surface area contributed by atoms with Crippen LogP contribution in [0.25, 0.3) is 124 Å². The minimum atomic E-state index is -0.448. The second-order valence-corrected chi connectivity index (χ2v) is 20.1. The fourth-order valence-electron chi connectivity index (χ4n) is 12.9. The average molecular weight is 890 g/mol. The minimum Gasteiger partial charge on any atom is -0.309 e. The first-order valence-electron chi connectivity index (χ1n) is 24.0. The molecule has 0 radical (unpaired) electrons. The maximum Gasteiger partial charge on any atom is 0.0725 e. The van der Waals surface area contributed by atoms with E-state index in [1.807, 2.05) is 11.3 Å². The van der Waals surface area contributed by atoms with Crippen LogP contribution in [-0.2, 0) is 5.41 Å². The monoisotopic (exact) mass is 889 g/mol. The lowest BCUT2D eigenvalue weighted by atomic mass is 9.70. The molecule has 1 nitrogen and oxygen atoms in total. The van der Waals surface area contributed by atoms with Gasteiger partial charge in [0.1, 0.15) is 0 Å². The van der Waals surface area contributed by atoms with Crippen LogP contribution in [0, 0.1) is 0 Å². The van der Waals surface area contributed by atoms with Crippen LogP contribution in [0.2, 0.25) is 0 Å². The lowest BCUT2D eigenvalue weighted by Crippen LogP contribution is -2.25. The predicted octanol–water partition coefficient (Wildman–Crippen LogP) is 18.3. The van der Waals surface area contributed by atoms with Crippen molar-refractivity contribution in [3.63, 3.8) is 0 Å². The van der Waals surface area contributed by atoms with Crippen molar-refractivity contribution in [2.45, 2.75) is 5.41 Å². The van der Waals surface area contributed by atoms with Crippen molar-refractivity contribution >= 4 is 85.6 Å². The molecule has 2 heterocycles. The van der Waals surface area contributed by atoms with Crippen molar-refractivity contribution in [1.29, 1.82) is 0 Å². The molecule has 0 saturated carbocycles. The SMILES string of the molecule is c1ccc(-n2c3ccccc3c3cc(-c4ccc5sc6c(-c7ccc8c(c7)-c7cc9c%10ccccc%10c%10ccccc%10c9cc7C87c8ccccc8-c8ccccc87)cccc6c5c4)ccc32)cc1. The molecule has 0 bridgehead atoms. The topological polar surface area (TPSA) is 4.93 Å². The zero-order chi connectivity index (χ0) is 45.0. The lowest BCUT2D eigenvalue weighted by molar-refractivity contribution is 0.795. The summed E-state index contributed by atoms with van der Waals surface area (Å²) in [6.45, 7) is 0. The van der Waals surface area contributed by atoms with Gasteiger partial charge in [0.05, 0.1) is 16.4 Å². The summed E-state index contributed by atoms with van der Waals surface area (Å²) in [7, 11) is 0. The molecule has 0 N–H and O–H groups in total. The number of benzene rings is 12. The summed E-state index contributed by atoms with van der Waals surface area (Å²) in [6.07, 6.45) is 0. The summed E-state index contributed by atoms with van der Waals surface area (Å²) in [6, 6.07) is 89.3. The average Bonchev–Trinajstić information content (AvgIpc) is 4.14. The second-order valence-electron chi connectivity index (χ2n) is 19.1. The van der Waals surface area contributed by atoms with Gasteiger partial charge in [-0.15, -0.1) is 11.3 Å². The van der Waals surface area contributed by atoms with E-state index in [9.17, 15) is 0 Å². The normalized spacial score (nSPS) is 13.3. The number of rotatable bonds is 3. The van der Waals surface area contributed by atoms with Crippen LogP contribution in [0.5, 0.6) is 0 Å². The van der Waals surface area contributed by atoms with Gasteiger partial charge < -0.3 is 4.57 Å². The van der Waals surface area contributed by atoms with Crippen LogP contribution >= 0.6 is 11.3 Å². The molecule has 1 spiro atoms. The molecule has 12 aromatic carbocycles. The second kappa shape index (κ2) is 13.8. The Hall–Kier alpha value is -8.56. The highest BCUT2D eigenvalue weighted by molar-refractivity contribution is 7.26. The highest BCUT2D eigenvalue weighted by Crippen LogP contribution is 2.64. The van der Waals surface area contributed by atoms with Gasteiger partial charge in [-0.25, -0.2) is 0 Å². The summed E-state index contributed by atoms with van der Waals surface area (Å²) in [5, 5.41) is 13.0. The Kier molecular flexibility index (Phi) is 7.49. The molecule has 2 aromatic heterocycles. The molecule has 0 unspecified atom stereocenters. The quantitative estimate of drug-likeness (QED) is 0.156. The molecule has 318 valence electrons. The molecule has 0 aliphatic heterocycles. The molecule has 0 atom stereocenters. The van der Waals surface area contributed by atoms with Crippen molar-refractivity contribution in [1.82, 2.24) is 4.57 Å². The number of aromatic nitrogens is 1. The number of para-hydroxylation sites is 2. The molecule has 0 amide bonds. The van der Waals surface area contributed by atoms with Crippen LogP contribution in [0.3, 0.4) is 0 Å². The fourth-order valence-corrected chi connectivity index (χ4v) is 14.1. The predicted molar refractivity (Wildman–Crippen MR) is 293 cm³/mol. The van der Waals surface area contributed by atoms with E-state index < -0.39 is 5.41 Å². The minimum absolute atomic E-state index is 0.448. The molecule has 2 heteroatoms. The largest absolute Gasteiger partial charge is 0.309 e. The third kappa shape index (κ3) is 4.93. The third-order valence-corrected chi connectivity index (χ3v) is 17.0. The molecule has 14 aromatic rings. The highest BCUT2D eigenvalue weighted by atomic mass is 32.1. The first-order valence-corrected chi connectivity index (χ1v) is 24.8. The van der Waals surface area contributed by atoms with Crippen LogP contribution in [0.4, 0.5) is 0 Å². The van der Waals surface area contributed by atoms with Crippen LogP contribution in [0.15, 0.2) is 237 Å². The van der Waals surface area contributed by atoms with E-state index in [-0.39, 0.29) is 0 Å². The molecule has 2 aliphatic carbocycles. The van der Waals surface area contributed by atoms with E-state index in [4.69, 9.17) is 0 Å². The number of thiophene rings is 1. The Labute approximate surface area is 402 Å². The highest BCUT2D eigenvalue weighted by Gasteiger charge is 2.51. The van der Waals surface area contributed by atoms with Gasteiger partial charge in [0.15, 0.2) is 0 Å². The Morgan fingerprint density at radius 1 is 0.275 bits per heavy atom. The standard InChI is InChI=1S/C67H39NS/c1-2-15-43(16-3-1)68-63-28-13-10-23-51(63)57-35-40(30-33-64(57)68)41-31-34-65-58(36-41)52-25-14-24-44(66(52)69-65)42-29-32-61-55(37-42)56-38-53-47-19-6-4-17-45(47)46-18-5-7-20-48(46)54(53)39-62(56)67(61)59-26-11-8-21-49(59)50-22-9-12-27-60(50)67/h1-39H. The Morgan fingerprint density at radius 2 is 0.797 bits per heavy atom. The van der Waals surface area contributed by atoms with Crippen LogP contribution in [-0.4, -0.2) is 4.57 Å². The molecular weight excluding hydrogens is 851 g/mol. The van der Waals surface area contributed by atoms with Gasteiger partial charge >= 0.3 is 0 Å². The van der Waals surface area contributed by atoms with Gasteiger partial charge in [-0.1, -0.05) is 176 Å². The smallest absolute Gasteiger partial charge is 0.0725 e. The van der Waals surface area contributed by atoms with Crippen LogP contribution < -0.4 is 0 Å². The van der Waals surface area contributed by atoms with Crippen molar-refractivity contribution < 1.29 is 0 Å². The van der Waals surface area contributed by atoms with Gasteiger partial charge in [-0.2, -0.15) is 0 Å². The van der Waals surface area contributed by atoms with Crippen molar-refractivity contribution in [3.05, 3.63) is 259 Å². The molecule has 2 aliphatic rings. The number of hydrogen-bond acceptors (Lipinski definition) is 1. The van der Waals surface area contributed by atoms with E-state index in [2.05, 4.69) is 241 Å². The summed E-state index contributed by atoms with van der Waals surface area (Å²) < 4.78 is 5.02. The fraction of sp³-hybridized carbons (Fsp3) is 0.0149. The summed E-state index contributed by atoms with van der Waals surface area (Å²) >= 11 is 1.91. The number of fused-ring (bicyclic) bond motifs is 22. The maximum absolute atomic E-state index is 2.57. The summed E-state index contributed by atoms with van der Waals surface area (Å²) in [4.78, 5) is 0. The van der Waals surface area contributed by atoms with Crippen molar-refractivity contribution in [2.75, 3.05) is 0 Å². The van der Waals surface area contributed by atoms with Gasteiger partial charge in [-0.05, 0) is 160 Å². The first kappa shape index (κ1) is 37.5. The van der Waals surface area contributed by atoms with E-state index in [0.29, 0.717) is 0 Å². The molecule has 0 saturated heterocycles. The van der Waals surface area contributed by atoms with E-state index >= 15 is 0 Å². The Bertz CT molecular complexity index is 4500. The third-order valence-electron chi connectivity index (χ3n) is 15.8. The van der Waals surface area contributed by atoms with Crippen molar-refractivity contribution in [2.24, 2.45) is 0 Å². The lowest BCUT2D eigenvalue weighted by Gasteiger charge is -2.31. The van der Waals surface area contributed by atoms with Gasteiger partial charge in [0.25, 0.3) is 0 Å². The molecule has 0 fully saturated rings. The molecular formula is C67H39NS. The van der Waals surface area contributed by atoms with Gasteiger partial charge in [0.2, 0.25) is 0 Å². The number of nitrogens with zero attached hydrogens (tertiary/aromatic N) is 1. The first-order chi connectivity index (χ1) is 34.2. The van der Waals surface area contributed by atoms with E-state index in [1.54, 1.807) is 0 Å². The Morgan fingerprint density at radius 3 is 1.54 bits per heavy atom. The van der Waals surface area contributed by atoms with E-state index in [0.717, 1.165) is 0 Å². The molecule has 16 rings (SSSR count). The van der Waals surface area contributed by atoms with Crippen molar-refractivity contribution in [3.8, 4) is 50.2 Å². The van der Waals surface area contributed by atoms with Gasteiger partial charge in [0, 0.05) is 36.6 Å². The number of hydrogen-bond donors (Lipinski definition) is 0. The zero-order valence-corrected chi connectivity index (χ0v) is 38.2.